The quantitative estimate of drug-likeness (QED) is 0.731. The van der Waals surface area contributed by atoms with Crippen molar-refractivity contribution in [2.24, 2.45) is 16.7 Å². The minimum atomic E-state index is -0.123. The first-order valence-corrected chi connectivity index (χ1v) is 10.4. The van der Waals surface area contributed by atoms with Crippen LogP contribution in [0.25, 0.3) is 0 Å². The average molecular weight is 350 g/mol. The molecule has 1 amide bonds. The number of nitrogens with zero attached hydrogens (tertiary/aromatic N) is 3. The summed E-state index contributed by atoms with van der Waals surface area (Å²) >= 11 is 0. The second kappa shape index (κ2) is 6.82. The van der Waals surface area contributed by atoms with Gasteiger partial charge < -0.3 is 14.5 Å². The lowest BCUT2D eigenvalue weighted by molar-refractivity contribution is -0.142. The fraction of sp³-hybridized carbons (Fsp3) is 0.950. The molecule has 0 aromatic carbocycles. The molecule has 2 spiro atoms. The lowest BCUT2D eigenvalue weighted by atomic mass is 9.60. The number of piperidine rings is 1. The maximum Gasteiger partial charge on any atom is 0.230 e. The van der Waals surface area contributed by atoms with E-state index < -0.39 is 0 Å². The van der Waals surface area contributed by atoms with E-state index in [4.69, 9.17) is 4.74 Å². The van der Waals surface area contributed by atoms with Crippen LogP contribution in [0.15, 0.2) is 0 Å². The van der Waals surface area contributed by atoms with Crippen molar-refractivity contribution in [2.45, 2.75) is 39.0 Å². The van der Waals surface area contributed by atoms with E-state index in [9.17, 15) is 4.79 Å². The topological polar surface area (TPSA) is 36.0 Å². The summed E-state index contributed by atoms with van der Waals surface area (Å²) in [5, 5.41) is 0. The van der Waals surface area contributed by atoms with Crippen LogP contribution in [0.4, 0.5) is 0 Å². The lowest BCUT2D eigenvalue weighted by Crippen LogP contribution is -2.53. The molecule has 5 nitrogen and oxygen atoms in total. The SMILES string of the molecule is CCN1CC[C@]2(CN(CCOC)CC23CCN(CC2CC2)CC3)C1=O. The standard InChI is InChI=1S/C20H35N3O2/c1-3-23-11-8-20(18(23)24)16-22(12-13-25-2)15-19(20)6-9-21(10-7-19)14-17-4-5-17/h17H,3-16H2,1-2H3/t20-/m0/s1. The van der Waals surface area contributed by atoms with Crippen molar-refractivity contribution in [3.05, 3.63) is 0 Å². The highest BCUT2D eigenvalue weighted by atomic mass is 16.5. The van der Waals surface area contributed by atoms with Gasteiger partial charge in [-0.1, -0.05) is 0 Å². The molecule has 4 fully saturated rings. The normalized spacial score (nSPS) is 33.2. The largest absolute Gasteiger partial charge is 0.383 e. The van der Waals surface area contributed by atoms with Gasteiger partial charge in [-0.25, -0.2) is 0 Å². The molecule has 0 aromatic rings. The molecule has 1 atom stereocenters. The van der Waals surface area contributed by atoms with Gasteiger partial charge in [0.2, 0.25) is 5.91 Å². The molecule has 1 saturated carbocycles. The van der Waals surface area contributed by atoms with Crippen LogP contribution in [0.3, 0.4) is 0 Å². The first-order chi connectivity index (χ1) is 12.1. The van der Waals surface area contributed by atoms with Gasteiger partial charge in [-0.05, 0) is 58.0 Å². The molecule has 5 heteroatoms. The number of carbonyl (C=O) groups excluding carboxylic acids is 1. The predicted octanol–water partition coefficient (Wildman–Crippen LogP) is 1.68. The molecule has 3 heterocycles. The molecule has 4 rings (SSSR count). The summed E-state index contributed by atoms with van der Waals surface area (Å²) in [4.78, 5) is 20.7. The van der Waals surface area contributed by atoms with Crippen molar-refractivity contribution >= 4 is 5.91 Å². The zero-order chi connectivity index (χ0) is 17.5. The average Bonchev–Trinajstić information content (AvgIpc) is 3.31. The fourth-order valence-electron chi connectivity index (χ4n) is 5.81. The number of hydrogen-bond donors (Lipinski definition) is 0. The zero-order valence-electron chi connectivity index (χ0n) is 16.1. The summed E-state index contributed by atoms with van der Waals surface area (Å²) in [7, 11) is 1.78. The van der Waals surface area contributed by atoms with Gasteiger partial charge in [-0.15, -0.1) is 0 Å². The van der Waals surface area contributed by atoms with E-state index in [1.807, 2.05) is 0 Å². The Labute approximate surface area is 152 Å². The Hall–Kier alpha value is -0.650. The maximum absolute atomic E-state index is 13.4. The molecule has 142 valence electrons. The third-order valence-corrected chi connectivity index (χ3v) is 7.56. The second-order valence-electron chi connectivity index (χ2n) is 8.94. The Morgan fingerprint density at radius 1 is 1.08 bits per heavy atom. The minimum Gasteiger partial charge on any atom is -0.383 e. The van der Waals surface area contributed by atoms with Crippen LogP contribution in [-0.2, 0) is 9.53 Å². The number of likely N-dealkylation sites (tertiary alicyclic amines) is 3. The Morgan fingerprint density at radius 2 is 1.84 bits per heavy atom. The second-order valence-corrected chi connectivity index (χ2v) is 8.94. The van der Waals surface area contributed by atoms with Crippen molar-refractivity contribution in [3.63, 3.8) is 0 Å². The molecule has 0 unspecified atom stereocenters. The number of carbonyl (C=O) groups is 1. The van der Waals surface area contributed by atoms with E-state index in [-0.39, 0.29) is 10.8 Å². The van der Waals surface area contributed by atoms with Crippen molar-refractivity contribution in [1.82, 2.24) is 14.7 Å². The van der Waals surface area contributed by atoms with Gasteiger partial charge in [0.25, 0.3) is 0 Å². The van der Waals surface area contributed by atoms with Crippen molar-refractivity contribution in [3.8, 4) is 0 Å². The zero-order valence-corrected chi connectivity index (χ0v) is 16.1. The smallest absolute Gasteiger partial charge is 0.230 e. The van der Waals surface area contributed by atoms with Crippen molar-refractivity contribution in [1.29, 1.82) is 0 Å². The minimum absolute atomic E-state index is 0.123. The number of amides is 1. The Kier molecular flexibility index (Phi) is 4.84. The molecule has 0 aromatic heterocycles. The van der Waals surface area contributed by atoms with E-state index in [1.165, 1.54) is 45.3 Å². The molecule has 4 aliphatic rings. The van der Waals surface area contributed by atoms with Gasteiger partial charge in [0.15, 0.2) is 0 Å². The highest BCUT2D eigenvalue weighted by Gasteiger charge is 2.64. The van der Waals surface area contributed by atoms with Gasteiger partial charge >= 0.3 is 0 Å². The monoisotopic (exact) mass is 349 g/mol. The first kappa shape index (κ1) is 17.7. The molecule has 3 saturated heterocycles. The molecule has 25 heavy (non-hydrogen) atoms. The van der Waals surface area contributed by atoms with Gasteiger partial charge in [0.05, 0.1) is 12.0 Å². The summed E-state index contributed by atoms with van der Waals surface area (Å²) in [6.07, 6.45) is 6.32. The molecule has 3 aliphatic heterocycles. The summed E-state index contributed by atoms with van der Waals surface area (Å²) in [5.74, 6) is 1.42. The molecular weight excluding hydrogens is 314 g/mol. The molecular formula is C20H35N3O2. The Morgan fingerprint density at radius 3 is 2.44 bits per heavy atom. The van der Waals surface area contributed by atoms with Crippen molar-refractivity contribution in [2.75, 3.05) is 66.1 Å². The number of methoxy groups -OCH3 is 1. The van der Waals surface area contributed by atoms with Crippen LogP contribution in [0.5, 0.6) is 0 Å². The predicted molar refractivity (Wildman–Crippen MR) is 98.5 cm³/mol. The third-order valence-electron chi connectivity index (χ3n) is 7.56. The molecule has 0 bridgehead atoms. The van der Waals surface area contributed by atoms with E-state index in [0.29, 0.717) is 5.91 Å². The highest BCUT2D eigenvalue weighted by molar-refractivity contribution is 5.86. The molecule has 1 aliphatic carbocycles. The lowest BCUT2D eigenvalue weighted by Gasteiger charge is -2.47. The Bertz CT molecular complexity index is 499. The number of fused-ring (bicyclic) bond motifs is 1. The van der Waals surface area contributed by atoms with Gasteiger partial charge in [0.1, 0.15) is 0 Å². The summed E-state index contributed by atoms with van der Waals surface area (Å²) in [5.41, 5.74) is 0.0736. The van der Waals surface area contributed by atoms with Gasteiger partial charge in [-0.3, -0.25) is 9.69 Å². The maximum atomic E-state index is 13.4. The molecule has 0 N–H and O–H groups in total. The van der Waals surface area contributed by atoms with Crippen LogP contribution in [0.1, 0.15) is 39.0 Å². The van der Waals surface area contributed by atoms with Crippen LogP contribution in [0, 0.1) is 16.7 Å². The summed E-state index contributed by atoms with van der Waals surface area (Å²) in [6, 6.07) is 0. The fourth-order valence-corrected chi connectivity index (χ4v) is 5.81. The van der Waals surface area contributed by atoms with Crippen LogP contribution >= 0.6 is 0 Å². The number of hydrogen-bond acceptors (Lipinski definition) is 4. The highest BCUT2D eigenvalue weighted by Crippen LogP contribution is 2.57. The summed E-state index contributed by atoms with van der Waals surface area (Å²) in [6.45, 7) is 11.4. The third kappa shape index (κ3) is 3.02. The van der Waals surface area contributed by atoms with Crippen molar-refractivity contribution < 1.29 is 9.53 Å². The van der Waals surface area contributed by atoms with Gasteiger partial charge in [-0.2, -0.15) is 0 Å². The van der Waals surface area contributed by atoms with E-state index in [2.05, 4.69) is 21.6 Å². The van der Waals surface area contributed by atoms with E-state index in [1.54, 1.807) is 7.11 Å². The van der Waals surface area contributed by atoms with Gasteiger partial charge in [0, 0.05) is 51.8 Å². The van der Waals surface area contributed by atoms with Crippen LogP contribution < -0.4 is 0 Å². The Balaban J connectivity index is 1.52. The molecule has 0 radical (unpaired) electrons. The van der Waals surface area contributed by atoms with E-state index in [0.717, 1.165) is 51.7 Å². The summed E-state index contributed by atoms with van der Waals surface area (Å²) < 4.78 is 5.32. The van der Waals surface area contributed by atoms with Crippen LogP contribution in [-0.4, -0.2) is 86.7 Å². The van der Waals surface area contributed by atoms with E-state index >= 15 is 0 Å². The number of ether oxygens (including phenoxy) is 1. The van der Waals surface area contributed by atoms with Crippen LogP contribution in [0.2, 0.25) is 0 Å². The number of rotatable bonds is 6. The first-order valence-electron chi connectivity index (χ1n) is 10.4.